The largest absolute Gasteiger partial charge is 0.287 e. The molecule has 0 radical (unpaired) electrons. The Bertz CT molecular complexity index is 602. The van der Waals surface area contributed by atoms with Crippen molar-refractivity contribution in [3.8, 4) is 0 Å². The molecule has 1 heterocycles. The van der Waals surface area contributed by atoms with Crippen molar-refractivity contribution in [1.29, 1.82) is 0 Å². The van der Waals surface area contributed by atoms with E-state index in [1.54, 1.807) is 12.3 Å². The normalized spacial score (nSPS) is 15.0. The molecule has 2 aromatic rings. The van der Waals surface area contributed by atoms with Gasteiger partial charge in [-0.25, -0.2) is 0 Å². The Labute approximate surface area is 121 Å². The summed E-state index contributed by atoms with van der Waals surface area (Å²) < 4.78 is 0.885. The summed E-state index contributed by atoms with van der Waals surface area (Å²) in [4.78, 5) is 16.7. The van der Waals surface area contributed by atoms with Crippen LogP contribution in [0.25, 0.3) is 0 Å². The zero-order valence-corrected chi connectivity index (χ0v) is 12.1. The van der Waals surface area contributed by atoms with E-state index in [9.17, 15) is 4.79 Å². The lowest BCUT2D eigenvalue weighted by molar-refractivity contribution is 0.103. The highest BCUT2D eigenvalue weighted by atomic mass is 79.9. The molecule has 1 fully saturated rings. The van der Waals surface area contributed by atoms with Crippen LogP contribution in [0.5, 0.6) is 0 Å². The van der Waals surface area contributed by atoms with Crippen LogP contribution < -0.4 is 0 Å². The molecular formula is C16H14BrNO. The summed E-state index contributed by atoms with van der Waals surface area (Å²) in [5.41, 5.74) is 2.50. The lowest BCUT2D eigenvalue weighted by atomic mass is 9.77. The number of pyridine rings is 1. The number of aromatic nitrogens is 1. The molecule has 0 saturated heterocycles. The zero-order valence-electron chi connectivity index (χ0n) is 10.5. The number of carbonyl (C=O) groups is 1. The Balaban J connectivity index is 1.97. The Morgan fingerprint density at radius 3 is 2.58 bits per heavy atom. The van der Waals surface area contributed by atoms with Crippen molar-refractivity contribution in [3.63, 3.8) is 0 Å². The number of halogens is 1. The molecule has 1 aliphatic rings. The molecule has 2 nitrogen and oxygen atoms in total. The van der Waals surface area contributed by atoms with E-state index in [-0.39, 0.29) is 5.78 Å². The van der Waals surface area contributed by atoms with Crippen molar-refractivity contribution in [2.45, 2.75) is 25.2 Å². The number of benzene rings is 1. The van der Waals surface area contributed by atoms with E-state index in [0.717, 1.165) is 10.0 Å². The summed E-state index contributed by atoms with van der Waals surface area (Å²) in [6.45, 7) is 0. The molecule has 1 aromatic carbocycles. The Morgan fingerprint density at radius 1 is 1.16 bits per heavy atom. The lowest BCUT2D eigenvalue weighted by Gasteiger charge is -2.27. The summed E-state index contributed by atoms with van der Waals surface area (Å²) >= 11 is 3.34. The van der Waals surface area contributed by atoms with Gasteiger partial charge in [-0.05, 0) is 52.4 Å². The topological polar surface area (TPSA) is 30.0 Å². The van der Waals surface area contributed by atoms with Crippen LogP contribution in [-0.2, 0) is 0 Å². The highest BCUT2D eigenvalue weighted by Crippen LogP contribution is 2.38. The highest BCUT2D eigenvalue weighted by Gasteiger charge is 2.24. The maximum Gasteiger partial charge on any atom is 0.211 e. The van der Waals surface area contributed by atoms with Crippen LogP contribution in [0.4, 0.5) is 0 Å². The first kappa shape index (κ1) is 12.5. The zero-order chi connectivity index (χ0) is 13.2. The highest BCUT2D eigenvalue weighted by molar-refractivity contribution is 9.10. The van der Waals surface area contributed by atoms with Gasteiger partial charge >= 0.3 is 0 Å². The summed E-state index contributed by atoms with van der Waals surface area (Å²) in [5, 5.41) is 0. The number of hydrogen-bond donors (Lipinski definition) is 0. The molecule has 0 aliphatic heterocycles. The average Bonchev–Trinajstić information content (AvgIpc) is 2.37. The standard InChI is InChI=1S/C16H14BrNO/c17-12-8-9-15(18-10-12)16(19)14-7-2-1-6-13(14)11-4-3-5-11/h1-2,6-11H,3-5H2. The first-order chi connectivity index (χ1) is 9.25. The second-order valence-corrected chi connectivity index (χ2v) is 5.82. The van der Waals surface area contributed by atoms with Gasteiger partial charge in [0, 0.05) is 16.2 Å². The van der Waals surface area contributed by atoms with Gasteiger partial charge in [0.05, 0.1) is 0 Å². The van der Waals surface area contributed by atoms with Gasteiger partial charge in [0.2, 0.25) is 5.78 Å². The van der Waals surface area contributed by atoms with Crippen LogP contribution in [0.15, 0.2) is 47.1 Å². The molecule has 3 rings (SSSR count). The fourth-order valence-electron chi connectivity index (χ4n) is 2.43. The van der Waals surface area contributed by atoms with Gasteiger partial charge in [-0.1, -0.05) is 30.7 Å². The second kappa shape index (κ2) is 5.25. The second-order valence-electron chi connectivity index (χ2n) is 4.91. The van der Waals surface area contributed by atoms with E-state index >= 15 is 0 Å². The minimum atomic E-state index is 0.0231. The summed E-state index contributed by atoms with van der Waals surface area (Å²) in [6, 6.07) is 11.6. The van der Waals surface area contributed by atoms with Crippen molar-refractivity contribution in [2.24, 2.45) is 0 Å². The van der Waals surface area contributed by atoms with Crippen LogP contribution in [0, 0.1) is 0 Å². The third kappa shape index (κ3) is 2.47. The molecule has 0 spiro atoms. The first-order valence-electron chi connectivity index (χ1n) is 6.51. The molecule has 0 N–H and O–H groups in total. The third-order valence-electron chi connectivity index (χ3n) is 3.71. The van der Waals surface area contributed by atoms with Crippen LogP contribution in [-0.4, -0.2) is 10.8 Å². The number of carbonyl (C=O) groups excluding carboxylic acids is 1. The molecule has 96 valence electrons. The Morgan fingerprint density at radius 2 is 1.95 bits per heavy atom. The van der Waals surface area contributed by atoms with Gasteiger partial charge in [-0.3, -0.25) is 9.78 Å². The van der Waals surface area contributed by atoms with Gasteiger partial charge in [0.15, 0.2) is 0 Å². The number of nitrogens with zero attached hydrogens (tertiary/aromatic N) is 1. The van der Waals surface area contributed by atoms with Gasteiger partial charge < -0.3 is 0 Å². The predicted octanol–water partition coefficient (Wildman–Crippen LogP) is 4.34. The van der Waals surface area contributed by atoms with Crippen LogP contribution in [0.3, 0.4) is 0 Å². The molecule has 1 aliphatic carbocycles. The maximum absolute atomic E-state index is 12.5. The molecule has 1 saturated carbocycles. The van der Waals surface area contributed by atoms with E-state index in [2.05, 4.69) is 27.0 Å². The SMILES string of the molecule is O=C(c1ccc(Br)cn1)c1ccccc1C1CCC1. The van der Waals surface area contributed by atoms with Crippen molar-refractivity contribution < 1.29 is 4.79 Å². The molecule has 3 heteroatoms. The fourth-order valence-corrected chi connectivity index (χ4v) is 2.66. The number of rotatable bonds is 3. The van der Waals surface area contributed by atoms with Crippen LogP contribution >= 0.6 is 15.9 Å². The number of hydrogen-bond acceptors (Lipinski definition) is 2. The predicted molar refractivity (Wildman–Crippen MR) is 78.4 cm³/mol. The van der Waals surface area contributed by atoms with Crippen molar-refractivity contribution in [1.82, 2.24) is 4.98 Å². The van der Waals surface area contributed by atoms with Gasteiger partial charge in [-0.15, -0.1) is 0 Å². The van der Waals surface area contributed by atoms with Crippen LogP contribution in [0.1, 0.15) is 46.8 Å². The molecule has 1 aromatic heterocycles. The average molecular weight is 316 g/mol. The van der Waals surface area contributed by atoms with Crippen molar-refractivity contribution in [3.05, 3.63) is 63.9 Å². The molecule has 0 unspecified atom stereocenters. The molecule has 0 atom stereocenters. The maximum atomic E-state index is 12.5. The summed E-state index contributed by atoms with van der Waals surface area (Å²) in [5.74, 6) is 0.575. The van der Waals surface area contributed by atoms with Gasteiger partial charge in [-0.2, -0.15) is 0 Å². The van der Waals surface area contributed by atoms with E-state index in [1.165, 1.54) is 24.8 Å². The minimum absolute atomic E-state index is 0.0231. The third-order valence-corrected chi connectivity index (χ3v) is 4.18. The smallest absolute Gasteiger partial charge is 0.211 e. The summed E-state index contributed by atoms with van der Waals surface area (Å²) in [7, 11) is 0. The monoisotopic (exact) mass is 315 g/mol. The lowest BCUT2D eigenvalue weighted by Crippen LogP contribution is -2.15. The van der Waals surface area contributed by atoms with Gasteiger partial charge in [0.25, 0.3) is 0 Å². The Hall–Kier alpha value is -1.48. The summed E-state index contributed by atoms with van der Waals surface area (Å²) in [6.07, 6.45) is 5.32. The minimum Gasteiger partial charge on any atom is -0.287 e. The number of ketones is 1. The first-order valence-corrected chi connectivity index (χ1v) is 7.30. The Kier molecular flexibility index (Phi) is 3.47. The molecule has 19 heavy (non-hydrogen) atoms. The van der Waals surface area contributed by atoms with Crippen molar-refractivity contribution >= 4 is 21.7 Å². The van der Waals surface area contributed by atoms with Gasteiger partial charge in [0.1, 0.15) is 5.69 Å². The van der Waals surface area contributed by atoms with E-state index in [1.807, 2.05) is 24.3 Å². The van der Waals surface area contributed by atoms with Crippen LogP contribution in [0.2, 0.25) is 0 Å². The van der Waals surface area contributed by atoms with E-state index in [4.69, 9.17) is 0 Å². The van der Waals surface area contributed by atoms with Crippen molar-refractivity contribution in [2.75, 3.05) is 0 Å². The molecule has 0 amide bonds. The van der Waals surface area contributed by atoms with E-state index < -0.39 is 0 Å². The molecular weight excluding hydrogens is 302 g/mol. The van der Waals surface area contributed by atoms with E-state index in [0.29, 0.717) is 11.6 Å². The fraction of sp³-hybridized carbons (Fsp3) is 0.250. The molecule has 0 bridgehead atoms. The quantitative estimate of drug-likeness (QED) is 0.788.